The molecular weight excluding hydrogens is 380 g/mol. The van der Waals surface area contributed by atoms with E-state index in [1.165, 1.54) is 15.5 Å². The van der Waals surface area contributed by atoms with Crippen LogP contribution >= 0.6 is 11.3 Å². The van der Waals surface area contributed by atoms with E-state index >= 15 is 0 Å². The van der Waals surface area contributed by atoms with Gasteiger partial charge in [0.2, 0.25) is 0 Å². The third-order valence-electron chi connectivity index (χ3n) is 4.45. The third kappa shape index (κ3) is 3.64. The van der Waals surface area contributed by atoms with E-state index in [1.807, 2.05) is 6.07 Å². The lowest BCUT2D eigenvalue weighted by Gasteiger charge is -2.20. The van der Waals surface area contributed by atoms with Crippen molar-refractivity contribution in [3.8, 4) is 10.4 Å². The lowest BCUT2D eigenvalue weighted by molar-refractivity contribution is 0.00514. The van der Waals surface area contributed by atoms with Crippen LogP contribution in [0.5, 0.6) is 0 Å². The monoisotopic (exact) mass is 400 g/mol. The first-order valence-corrected chi connectivity index (χ1v) is 10.9. The molecule has 0 radical (unpaired) electrons. The lowest BCUT2D eigenvalue weighted by Crippen LogP contribution is -2.19. The van der Waals surface area contributed by atoms with Crippen LogP contribution in [0.2, 0.25) is 0 Å². The first-order chi connectivity index (χ1) is 12.9. The minimum atomic E-state index is -3.79. The van der Waals surface area contributed by atoms with Gasteiger partial charge in [-0.1, -0.05) is 18.2 Å². The topological polar surface area (TPSA) is 49.9 Å². The molecule has 0 fully saturated rings. The summed E-state index contributed by atoms with van der Waals surface area (Å²) in [4.78, 5) is 3.65. The summed E-state index contributed by atoms with van der Waals surface area (Å²) >= 11 is 1.72. The average Bonchev–Trinajstić information content (AvgIpc) is 3.30. The number of benzene rings is 2. The minimum Gasteiger partial charge on any atom is -0.341 e. The molecule has 1 aliphatic heterocycles. The highest BCUT2D eigenvalue weighted by Gasteiger charge is 2.25. The quantitative estimate of drug-likeness (QED) is 0.598. The van der Waals surface area contributed by atoms with E-state index in [0.717, 1.165) is 29.9 Å². The Balaban J connectivity index is 1.66. The summed E-state index contributed by atoms with van der Waals surface area (Å²) in [5.41, 5.74) is 4.36. The number of hydroxylamine groups is 2. The van der Waals surface area contributed by atoms with Crippen LogP contribution < -0.4 is 4.90 Å². The number of nitrogens with zero attached hydrogens (tertiary/aromatic N) is 2. The van der Waals surface area contributed by atoms with Crippen molar-refractivity contribution in [3.63, 3.8) is 0 Å². The van der Waals surface area contributed by atoms with Gasteiger partial charge in [-0.05, 0) is 59.3 Å². The Morgan fingerprint density at radius 2 is 1.93 bits per heavy atom. The molecule has 1 aromatic heterocycles. The zero-order valence-corrected chi connectivity index (χ0v) is 16.8. The van der Waals surface area contributed by atoms with Crippen molar-refractivity contribution in [1.29, 1.82) is 0 Å². The van der Waals surface area contributed by atoms with Gasteiger partial charge < -0.3 is 4.90 Å². The maximum absolute atomic E-state index is 12.3. The van der Waals surface area contributed by atoms with Crippen molar-refractivity contribution >= 4 is 32.8 Å². The van der Waals surface area contributed by atoms with E-state index in [4.69, 9.17) is 4.28 Å². The molecule has 27 heavy (non-hydrogen) atoms. The molecule has 0 saturated carbocycles. The number of rotatable bonds is 5. The van der Waals surface area contributed by atoms with E-state index in [1.54, 1.807) is 37.6 Å². The molecule has 5 nitrogen and oxygen atoms in total. The molecular formula is C20H20N2O3S2. The predicted molar refractivity (Wildman–Crippen MR) is 109 cm³/mol. The fourth-order valence-electron chi connectivity index (χ4n) is 3.31. The van der Waals surface area contributed by atoms with Gasteiger partial charge in [-0.3, -0.25) is 0 Å². The van der Waals surface area contributed by atoms with E-state index in [-0.39, 0.29) is 4.90 Å². The van der Waals surface area contributed by atoms with Crippen molar-refractivity contribution in [1.82, 2.24) is 5.06 Å². The van der Waals surface area contributed by atoms with Gasteiger partial charge in [0.05, 0.1) is 4.90 Å². The number of thiophene rings is 1. The van der Waals surface area contributed by atoms with Gasteiger partial charge in [0.15, 0.2) is 0 Å². The molecule has 0 unspecified atom stereocenters. The molecule has 0 bridgehead atoms. The fraction of sp³-hybridized carbons (Fsp3) is 0.200. The van der Waals surface area contributed by atoms with Crippen LogP contribution in [-0.4, -0.2) is 34.1 Å². The predicted octanol–water partition coefficient (Wildman–Crippen LogP) is 4.29. The first kappa shape index (κ1) is 18.2. The largest absolute Gasteiger partial charge is 0.341 e. The Morgan fingerprint density at radius 3 is 2.67 bits per heavy atom. The van der Waals surface area contributed by atoms with Crippen molar-refractivity contribution in [2.24, 2.45) is 0 Å². The lowest BCUT2D eigenvalue weighted by atomic mass is 10.1. The zero-order valence-electron chi connectivity index (χ0n) is 15.1. The van der Waals surface area contributed by atoms with Crippen LogP contribution in [-0.2, 0) is 20.8 Å². The molecule has 0 amide bonds. The summed E-state index contributed by atoms with van der Waals surface area (Å²) in [5, 5.41) is 3.26. The Kier molecular flexibility index (Phi) is 4.77. The fourth-order valence-corrected chi connectivity index (χ4v) is 5.03. The van der Waals surface area contributed by atoms with Gasteiger partial charge in [-0.25, -0.2) is 0 Å². The summed E-state index contributed by atoms with van der Waals surface area (Å²) in [5.74, 6) is 0. The summed E-state index contributed by atoms with van der Waals surface area (Å²) in [7, 11) is -0.693. The Morgan fingerprint density at radius 1 is 1.07 bits per heavy atom. The number of anilines is 2. The van der Waals surface area contributed by atoms with Gasteiger partial charge in [-0.15, -0.1) is 11.3 Å². The summed E-state index contributed by atoms with van der Waals surface area (Å²) < 4.78 is 29.5. The molecule has 1 aliphatic rings. The standard InChI is InChI=1S/C20H20N2O3S2/c1-21(2)25-27(23,24)18-8-9-19-15(14-18)10-11-22(19)17-6-3-5-16(13-17)20-7-4-12-26-20/h3-9,12-14H,10-11H2,1-2H3. The van der Waals surface area contributed by atoms with E-state index in [9.17, 15) is 8.42 Å². The number of fused-ring (bicyclic) bond motifs is 1. The molecule has 0 atom stereocenters. The highest BCUT2D eigenvalue weighted by molar-refractivity contribution is 7.86. The van der Waals surface area contributed by atoms with Gasteiger partial charge in [0, 0.05) is 36.9 Å². The molecule has 0 N–H and O–H groups in total. The number of hydrogen-bond donors (Lipinski definition) is 0. The smallest absolute Gasteiger partial charge is 0.313 e. The third-order valence-corrected chi connectivity index (χ3v) is 6.69. The molecule has 0 saturated heterocycles. The summed E-state index contributed by atoms with van der Waals surface area (Å²) in [6.07, 6.45) is 0.796. The average molecular weight is 401 g/mol. The molecule has 140 valence electrons. The van der Waals surface area contributed by atoms with Crippen LogP contribution in [0.1, 0.15) is 5.56 Å². The van der Waals surface area contributed by atoms with Crippen molar-refractivity contribution < 1.29 is 12.7 Å². The van der Waals surface area contributed by atoms with E-state index < -0.39 is 10.1 Å². The van der Waals surface area contributed by atoms with E-state index in [2.05, 4.69) is 46.7 Å². The summed E-state index contributed by atoms with van der Waals surface area (Å²) in [6.45, 7) is 0.821. The minimum absolute atomic E-state index is 0.184. The van der Waals surface area contributed by atoms with Crippen LogP contribution in [0.15, 0.2) is 64.9 Å². The van der Waals surface area contributed by atoms with Gasteiger partial charge in [-0.2, -0.15) is 17.8 Å². The molecule has 7 heteroatoms. The molecule has 2 heterocycles. The Bertz CT molecular complexity index is 1060. The molecule has 4 rings (SSSR count). The van der Waals surface area contributed by atoms with Crippen molar-refractivity contribution in [2.75, 3.05) is 25.5 Å². The van der Waals surface area contributed by atoms with Crippen LogP contribution in [0.25, 0.3) is 10.4 Å². The van der Waals surface area contributed by atoms with Crippen LogP contribution in [0.4, 0.5) is 11.4 Å². The Labute approximate surface area is 163 Å². The van der Waals surface area contributed by atoms with Gasteiger partial charge >= 0.3 is 10.1 Å². The highest BCUT2D eigenvalue weighted by Crippen LogP contribution is 2.38. The maximum atomic E-state index is 12.3. The van der Waals surface area contributed by atoms with Crippen molar-refractivity contribution in [2.45, 2.75) is 11.3 Å². The molecule has 0 aliphatic carbocycles. The highest BCUT2D eigenvalue weighted by atomic mass is 32.2. The number of hydrogen-bond acceptors (Lipinski definition) is 6. The molecule has 3 aromatic rings. The maximum Gasteiger partial charge on any atom is 0.313 e. The summed E-state index contributed by atoms with van der Waals surface area (Å²) in [6, 6.07) is 17.8. The normalized spacial score (nSPS) is 14.0. The van der Waals surface area contributed by atoms with Crippen LogP contribution in [0, 0.1) is 0 Å². The molecule has 2 aromatic carbocycles. The van der Waals surface area contributed by atoms with Crippen molar-refractivity contribution in [3.05, 3.63) is 65.5 Å². The van der Waals surface area contributed by atoms with Gasteiger partial charge in [0.25, 0.3) is 0 Å². The van der Waals surface area contributed by atoms with Crippen LogP contribution in [0.3, 0.4) is 0 Å². The Hall–Kier alpha value is -2.19. The van der Waals surface area contributed by atoms with Gasteiger partial charge in [0.1, 0.15) is 0 Å². The zero-order chi connectivity index (χ0) is 19.0. The first-order valence-electron chi connectivity index (χ1n) is 8.60. The second-order valence-corrected chi connectivity index (χ2v) is 9.04. The molecule has 0 spiro atoms. The SMILES string of the molecule is CN(C)OS(=O)(=O)c1ccc2c(c1)CCN2c1cccc(-c2cccs2)c1. The van der Waals surface area contributed by atoms with E-state index in [0.29, 0.717) is 0 Å². The second kappa shape index (κ2) is 7.09. The second-order valence-electron chi connectivity index (χ2n) is 6.56.